The number of allylic oxidation sites excluding steroid dienone is 4. The van der Waals surface area contributed by atoms with Gasteiger partial charge in [-0.05, 0) is 53.0 Å². The molecule has 6 heteroatoms. The summed E-state index contributed by atoms with van der Waals surface area (Å²) in [6.45, 7) is 4.62. The third-order valence-corrected chi connectivity index (χ3v) is 12.9. The predicted molar refractivity (Wildman–Crippen MR) is 265 cm³/mol. The molecule has 1 aliphatic rings. The highest BCUT2D eigenvalue weighted by Crippen LogP contribution is 2.44. The molecule has 0 fully saturated rings. The van der Waals surface area contributed by atoms with E-state index in [1.807, 2.05) is 60.7 Å². The molecule has 6 nitrogen and oxygen atoms in total. The summed E-state index contributed by atoms with van der Waals surface area (Å²) in [6, 6.07) is 67.0. The van der Waals surface area contributed by atoms with E-state index in [9.17, 15) is 0 Å². The molecule has 314 valence electrons. The van der Waals surface area contributed by atoms with E-state index < -0.39 is 0 Å². The van der Waals surface area contributed by atoms with Gasteiger partial charge in [0.15, 0.2) is 34.9 Å². The Morgan fingerprint density at radius 2 is 0.646 bits per heavy atom. The van der Waals surface area contributed by atoms with Gasteiger partial charge in [0.05, 0.1) is 0 Å². The Hall–Kier alpha value is -7.96. The lowest BCUT2D eigenvalue weighted by molar-refractivity contribution is 0.293. The molecule has 2 heterocycles. The lowest BCUT2D eigenvalue weighted by atomic mass is 9.64. The van der Waals surface area contributed by atoms with E-state index in [0.29, 0.717) is 34.9 Å². The summed E-state index contributed by atoms with van der Waals surface area (Å²) >= 11 is 0. The predicted octanol–water partition coefficient (Wildman–Crippen LogP) is 14.4. The van der Waals surface area contributed by atoms with Gasteiger partial charge in [-0.3, -0.25) is 0 Å². The molecule has 7 aromatic carbocycles. The average molecular weight is 841 g/mol. The number of benzene rings is 7. The summed E-state index contributed by atoms with van der Waals surface area (Å²) in [5.74, 6) is 4.21. The van der Waals surface area contributed by atoms with Crippen molar-refractivity contribution in [2.24, 2.45) is 5.92 Å². The van der Waals surface area contributed by atoms with E-state index in [4.69, 9.17) is 29.9 Å². The average Bonchev–Trinajstić information content (AvgIpc) is 3.40. The third-order valence-electron chi connectivity index (χ3n) is 12.9. The highest BCUT2D eigenvalue weighted by atomic mass is 15.0. The van der Waals surface area contributed by atoms with Crippen molar-refractivity contribution in [2.75, 3.05) is 0 Å². The summed E-state index contributed by atoms with van der Waals surface area (Å²) in [6.07, 6.45) is 9.75. The summed E-state index contributed by atoms with van der Waals surface area (Å²) in [7, 11) is 0. The van der Waals surface area contributed by atoms with Gasteiger partial charge >= 0.3 is 0 Å². The number of nitrogens with zero attached hydrogens (tertiary/aromatic N) is 6. The van der Waals surface area contributed by atoms with Gasteiger partial charge in [0.1, 0.15) is 0 Å². The zero-order valence-electron chi connectivity index (χ0n) is 36.6. The molecular weight excluding hydrogens is 793 g/mol. The maximum absolute atomic E-state index is 5.09. The van der Waals surface area contributed by atoms with Crippen LogP contribution >= 0.6 is 0 Å². The lowest BCUT2D eigenvalue weighted by Gasteiger charge is -2.40. The van der Waals surface area contributed by atoms with E-state index in [1.165, 1.54) is 16.7 Å². The zero-order chi connectivity index (χ0) is 44.0. The zero-order valence-corrected chi connectivity index (χ0v) is 36.6. The van der Waals surface area contributed by atoms with Crippen molar-refractivity contribution in [1.29, 1.82) is 0 Å². The lowest BCUT2D eigenvalue weighted by Crippen LogP contribution is -2.33. The van der Waals surface area contributed by atoms with E-state index in [1.54, 1.807) is 0 Å². The second kappa shape index (κ2) is 18.4. The maximum Gasteiger partial charge on any atom is 0.164 e. The minimum absolute atomic E-state index is 0.0863. The molecule has 0 N–H and O–H groups in total. The van der Waals surface area contributed by atoms with Crippen LogP contribution in [0.2, 0.25) is 0 Å². The fourth-order valence-electron chi connectivity index (χ4n) is 9.13. The van der Waals surface area contributed by atoms with Crippen molar-refractivity contribution in [1.82, 2.24) is 29.9 Å². The van der Waals surface area contributed by atoms with Crippen molar-refractivity contribution < 1.29 is 0 Å². The van der Waals surface area contributed by atoms with Crippen molar-refractivity contribution >= 4 is 5.57 Å². The molecule has 1 atom stereocenters. The minimum Gasteiger partial charge on any atom is -0.208 e. The van der Waals surface area contributed by atoms with Crippen LogP contribution in [0.4, 0.5) is 0 Å². The molecule has 2 aromatic heterocycles. The Morgan fingerprint density at radius 1 is 0.354 bits per heavy atom. The number of aromatic nitrogens is 6. The van der Waals surface area contributed by atoms with Gasteiger partial charge in [0.2, 0.25) is 0 Å². The molecule has 0 spiro atoms. The molecule has 0 saturated heterocycles. The second-order valence-electron chi connectivity index (χ2n) is 16.5. The summed E-state index contributed by atoms with van der Waals surface area (Å²) < 4.78 is 0. The molecule has 0 bridgehead atoms. The van der Waals surface area contributed by atoms with Crippen LogP contribution in [-0.2, 0) is 5.41 Å². The van der Waals surface area contributed by atoms with Crippen LogP contribution in [0.25, 0.3) is 84.8 Å². The van der Waals surface area contributed by atoms with Crippen LogP contribution in [0.3, 0.4) is 0 Å². The monoisotopic (exact) mass is 840 g/mol. The van der Waals surface area contributed by atoms with Crippen molar-refractivity contribution in [3.8, 4) is 79.2 Å². The molecule has 65 heavy (non-hydrogen) atoms. The van der Waals surface area contributed by atoms with Gasteiger partial charge in [-0.15, -0.1) is 0 Å². The van der Waals surface area contributed by atoms with Crippen molar-refractivity contribution in [3.63, 3.8) is 0 Å². The van der Waals surface area contributed by atoms with E-state index in [0.717, 1.165) is 63.8 Å². The van der Waals surface area contributed by atoms with Crippen LogP contribution in [0, 0.1) is 5.92 Å². The van der Waals surface area contributed by atoms with Gasteiger partial charge in [-0.1, -0.05) is 226 Å². The topological polar surface area (TPSA) is 77.3 Å². The smallest absolute Gasteiger partial charge is 0.164 e. The molecule has 9 aromatic rings. The minimum atomic E-state index is -0.0863. The fourth-order valence-corrected chi connectivity index (χ4v) is 9.13. The first-order valence-corrected chi connectivity index (χ1v) is 22.5. The van der Waals surface area contributed by atoms with Gasteiger partial charge in [0, 0.05) is 38.8 Å². The van der Waals surface area contributed by atoms with Crippen LogP contribution in [0.1, 0.15) is 44.5 Å². The van der Waals surface area contributed by atoms with Gasteiger partial charge < -0.3 is 0 Å². The normalized spacial score (nSPS) is 13.6. The first-order chi connectivity index (χ1) is 32.1. The summed E-state index contributed by atoms with van der Waals surface area (Å²) in [5, 5.41) is 0. The van der Waals surface area contributed by atoms with E-state index in [-0.39, 0.29) is 11.3 Å². The highest BCUT2D eigenvalue weighted by Gasteiger charge is 2.36. The summed E-state index contributed by atoms with van der Waals surface area (Å²) in [5.41, 5.74) is 11.6. The molecule has 1 aliphatic carbocycles. The first-order valence-electron chi connectivity index (χ1n) is 22.5. The maximum atomic E-state index is 5.09. The standard InChI is InChI=1S/C59H48N6/c1-3-59(4-2,51-37-33-49(34-38-51)57-62-53(45-21-13-7-14-22-45)60-55(64-57)47-29-25-43(26-30-47)41-17-9-5-10-18-41)52-39-35-50(36-40-52)58-63-54(46-23-15-8-16-24-46)61-56(65-58)48-31-27-44(28-32-48)42-19-11-6-12-20-42/h5-39,52H,3-4,40H2,1-2H3. The van der Waals surface area contributed by atoms with E-state index in [2.05, 4.69) is 166 Å². The van der Waals surface area contributed by atoms with Crippen LogP contribution in [-0.4, -0.2) is 29.9 Å². The van der Waals surface area contributed by atoms with Crippen LogP contribution in [0.15, 0.2) is 212 Å². The van der Waals surface area contributed by atoms with Gasteiger partial charge in [-0.25, -0.2) is 29.9 Å². The molecular formula is C59H48N6. The quantitative estimate of drug-likeness (QED) is 0.122. The van der Waals surface area contributed by atoms with E-state index >= 15 is 0 Å². The van der Waals surface area contributed by atoms with Crippen molar-refractivity contribution in [3.05, 3.63) is 224 Å². The molecule has 0 aliphatic heterocycles. The molecule has 0 amide bonds. The first kappa shape index (κ1) is 41.1. The van der Waals surface area contributed by atoms with Crippen molar-refractivity contribution in [2.45, 2.75) is 38.5 Å². The Morgan fingerprint density at radius 3 is 0.985 bits per heavy atom. The highest BCUT2D eigenvalue weighted by molar-refractivity contribution is 5.75. The fraction of sp³-hybridized carbons (Fsp3) is 0.119. The molecule has 1 unspecified atom stereocenters. The second-order valence-corrected chi connectivity index (χ2v) is 16.5. The Bertz CT molecular complexity index is 3090. The Kier molecular flexibility index (Phi) is 11.6. The Balaban J connectivity index is 0.936. The number of hydrogen-bond acceptors (Lipinski definition) is 6. The largest absolute Gasteiger partial charge is 0.208 e. The van der Waals surface area contributed by atoms with Crippen LogP contribution in [0.5, 0.6) is 0 Å². The van der Waals surface area contributed by atoms with Gasteiger partial charge in [-0.2, -0.15) is 0 Å². The number of rotatable bonds is 12. The SMILES string of the molecule is CCC(CC)(c1ccc(-c2nc(-c3ccccc3)nc(-c3ccc(-c4ccccc4)cc3)n2)cc1)C1C=CC(c2nc(-c3ccccc3)nc(-c3ccc(-c4ccccc4)cc3)n2)=CC1. The summed E-state index contributed by atoms with van der Waals surface area (Å²) in [4.78, 5) is 30.2. The molecule has 0 saturated carbocycles. The van der Waals surface area contributed by atoms with Crippen LogP contribution < -0.4 is 0 Å². The van der Waals surface area contributed by atoms with Gasteiger partial charge in [0.25, 0.3) is 0 Å². The third kappa shape index (κ3) is 8.59. The molecule has 10 rings (SSSR count). The number of hydrogen-bond donors (Lipinski definition) is 0. The Labute approximate surface area is 381 Å². The molecule has 0 radical (unpaired) electrons.